The van der Waals surface area contributed by atoms with Crippen molar-refractivity contribution in [2.45, 2.75) is 26.2 Å². The van der Waals surface area contributed by atoms with Crippen LogP contribution in [0.2, 0.25) is 5.02 Å². The first-order valence-corrected chi connectivity index (χ1v) is 13.3. The van der Waals surface area contributed by atoms with Crippen LogP contribution in [0.5, 0.6) is 11.5 Å². The van der Waals surface area contributed by atoms with Crippen LogP contribution in [0.1, 0.15) is 32.6 Å². The molecule has 0 saturated heterocycles. The van der Waals surface area contributed by atoms with Gasteiger partial charge >= 0.3 is 12.1 Å². The van der Waals surface area contributed by atoms with Gasteiger partial charge in [-0.2, -0.15) is 13.2 Å². The monoisotopic (exact) mass is 635 g/mol. The van der Waals surface area contributed by atoms with Crippen molar-refractivity contribution < 1.29 is 41.0 Å². The third kappa shape index (κ3) is 6.49. The molecule has 0 aliphatic heterocycles. The molecule has 0 unspecified atom stereocenters. The first-order valence-electron chi connectivity index (χ1n) is 12.9. The molecule has 44 heavy (non-hydrogen) atoms. The first-order chi connectivity index (χ1) is 20.8. The molecule has 0 aliphatic carbocycles. The Bertz CT molecular complexity index is 1630. The van der Waals surface area contributed by atoms with Crippen molar-refractivity contribution in [2.24, 2.45) is 0 Å². The minimum Gasteiger partial charge on any atom is -0.497 e. The summed E-state index contributed by atoms with van der Waals surface area (Å²) in [6.45, 7) is 0.900. The normalized spacial score (nSPS) is 11.3. The van der Waals surface area contributed by atoms with Crippen molar-refractivity contribution >= 4 is 29.1 Å². The largest absolute Gasteiger partial charge is 0.497 e. The van der Waals surface area contributed by atoms with Crippen molar-refractivity contribution in [2.75, 3.05) is 32.0 Å². The van der Waals surface area contributed by atoms with Gasteiger partial charge in [-0.25, -0.2) is 18.6 Å². The predicted molar refractivity (Wildman–Crippen MR) is 156 cm³/mol. The molecule has 3 aromatic carbocycles. The van der Waals surface area contributed by atoms with E-state index in [0.717, 1.165) is 20.1 Å². The van der Waals surface area contributed by atoms with Gasteiger partial charge in [0.05, 0.1) is 54.4 Å². The number of nitrogens with zero attached hydrogens (tertiary/aromatic N) is 2. The smallest absolute Gasteiger partial charge is 0.418 e. The number of methoxy groups -OCH3 is 3. The van der Waals surface area contributed by atoms with Crippen molar-refractivity contribution in [3.8, 4) is 22.8 Å². The summed E-state index contributed by atoms with van der Waals surface area (Å²) in [4.78, 5) is 17.6. The molecule has 4 rings (SSSR count). The third-order valence-electron chi connectivity index (χ3n) is 6.90. The highest BCUT2D eigenvalue weighted by molar-refractivity contribution is 6.34. The Morgan fingerprint density at radius 3 is 1.84 bits per heavy atom. The van der Waals surface area contributed by atoms with Gasteiger partial charge in [0, 0.05) is 18.7 Å². The van der Waals surface area contributed by atoms with E-state index in [0.29, 0.717) is 22.6 Å². The number of pyridine rings is 1. The molecule has 0 saturated carbocycles. The van der Waals surface area contributed by atoms with Crippen LogP contribution >= 0.6 is 11.6 Å². The summed E-state index contributed by atoms with van der Waals surface area (Å²) in [6.07, 6.45) is -5.17. The molecule has 7 nitrogen and oxygen atoms in total. The zero-order chi connectivity index (χ0) is 32.3. The molecular formula is C31H27ClF5N3O4. The molecule has 2 N–H and O–H groups in total. The van der Waals surface area contributed by atoms with Crippen molar-refractivity contribution in [3.63, 3.8) is 0 Å². The highest BCUT2D eigenvalue weighted by Crippen LogP contribution is 2.45. The number of nitrogens with two attached hydrogens (primary N) is 1. The van der Waals surface area contributed by atoms with Gasteiger partial charge in [-0.15, -0.1) is 0 Å². The van der Waals surface area contributed by atoms with Gasteiger partial charge in [-0.3, -0.25) is 0 Å². The number of rotatable bonds is 9. The van der Waals surface area contributed by atoms with E-state index in [1.165, 1.54) is 19.1 Å². The van der Waals surface area contributed by atoms with Crippen molar-refractivity contribution in [1.82, 2.24) is 4.98 Å². The predicted octanol–water partition coefficient (Wildman–Crippen LogP) is 7.60. The summed E-state index contributed by atoms with van der Waals surface area (Å²) in [6, 6.07) is 14.4. The quantitative estimate of drug-likeness (QED) is 0.115. The number of aromatic nitrogens is 1. The summed E-state index contributed by atoms with van der Waals surface area (Å²) < 4.78 is 90.1. The lowest BCUT2D eigenvalue weighted by molar-refractivity contribution is -0.137. The molecule has 0 bridgehead atoms. The number of ether oxygens (including phenoxy) is 3. The van der Waals surface area contributed by atoms with Crippen LogP contribution in [-0.2, 0) is 24.0 Å². The fourth-order valence-corrected chi connectivity index (χ4v) is 4.92. The first kappa shape index (κ1) is 32.3. The molecule has 1 heterocycles. The maximum Gasteiger partial charge on any atom is 0.418 e. The summed E-state index contributed by atoms with van der Waals surface area (Å²) in [5.41, 5.74) is 1.58. The van der Waals surface area contributed by atoms with Crippen LogP contribution in [0, 0.1) is 18.6 Å². The highest BCUT2D eigenvalue weighted by Gasteiger charge is 2.41. The summed E-state index contributed by atoms with van der Waals surface area (Å²) in [7, 11) is 4.00. The molecule has 0 spiro atoms. The Labute approximate surface area is 254 Å². The molecule has 1 aromatic heterocycles. The van der Waals surface area contributed by atoms with Crippen LogP contribution in [0.25, 0.3) is 11.3 Å². The molecule has 0 amide bonds. The molecule has 0 atom stereocenters. The van der Waals surface area contributed by atoms with E-state index in [9.17, 15) is 18.0 Å². The lowest BCUT2D eigenvalue weighted by Crippen LogP contribution is -2.26. The minimum absolute atomic E-state index is 0.0101. The highest BCUT2D eigenvalue weighted by atomic mass is 35.5. The molecule has 0 radical (unpaired) electrons. The average Bonchev–Trinajstić information content (AvgIpc) is 3.00. The van der Waals surface area contributed by atoms with Gasteiger partial charge in [0.2, 0.25) is 0 Å². The third-order valence-corrected chi connectivity index (χ3v) is 7.20. The maximum absolute atomic E-state index is 16.0. The maximum atomic E-state index is 16.0. The number of alkyl halides is 3. The minimum atomic E-state index is -5.17. The Morgan fingerprint density at radius 1 is 0.909 bits per heavy atom. The van der Waals surface area contributed by atoms with Crippen LogP contribution in [-0.4, -0.2) is 32.3 Å². The standard InChI is InChI=1S/C31H27ClF5N3O4/c1-16-24(31(35,36)37)28(23-22(32)13-21(30(41)44-4)27(38)26(23)34)39-29(25(16)33)40(14-17-5-9-19(42-2)10-6-17)15-18-7-11-20(43-3)12-8-18/h5-13H,14-15,38H2,1-4H3. The van der Waals surface area contributed by atoms with E-state index >= 15 is 8.78 Å². The van der Waals surface area contributed by atoms with E-state index in [2.05, 4.69) is 9.72 Å². The summed E-state index contributed by atoms with van der Waals surface area (Å²) in [5, 5.41) is -0.607. The van der Waals surface area contributed by atoms with Gasteiger partial charge in [0.1, 0.15) is 11.5 Å². The second-order valence-electron chi connectivity index (χ2n) is 9.65. The Kier molecular flexibility index (Phi) is 9.53. The Hall–Kier alpha value is -4.58. The zero-order valence-electron chi connectivity index (χ0n) is 24.0. The topological polar surface area (TPSA) is 86.9 Å². The van der Waals surface area contributed by atoms with E-state index in [1.807, 2.05) is 0 Å². The van der Waals surface area contributed by atoms with Gasteiger partial charge in [0.15, 0.2) is 17.5 Å². The van der Waals surface area contributed by atoms with Gasteiger partial charge in [-0.1, -0.05) is 35.9 Å². The number of carbonyl (C=O) groups is 1. The van der Waals surface area contributed by atoms with Crippen LogP contribution in [0.15, 0.2) is 54.6 Å². The second kappa shape index (κ2) is 13.0. The lowest BCUT2D eigenvalue weighted by atomic mass is 9.97. The molecule has 13 heteroatoms. The van der Waals surface area contributed by atoms with Crippen LogP contribution in [0.3, 0.4) is 0 Å². The Balaban J connectivity index is 1.98. The van der Waals surface area contributed by atoms with E-state index in [1.54, 1.807) is 48.5 Å². The lowest BCUT2D eigenvalue weighted by Gasteiger charge is -2.28. The summed E-state index contributed by atoms with van der Waals surface area (Å²) in [5.74, 6) is -3.14. The van der Waals surface area contributed by atoms with E-state index in [4.69, 9.17) is 26.8 Å². The van der Waals surface area contributed by atoms with Crippen LogP contribution in [0.4, 0.5) is 33.5 Å². The van der Waals surface area contributed by atoms with Gasteiger partial charge in [-0.05, 0) is 48.4 Å². The molecule has 232 valence electrons. The van der Waals surface area contributed by atoms with E-state index in [-0.39, 0.29) is 13.1 Å². The fourth-order valence-electron chi connectivity index (χ4n) is 4.64. The number of halogens is 6. The molecule has 0 aliphatic rings. The SMILES string of the molecule is COC(=O)c1cc(Cl)c(-c2nc(N(Cc3ccc(OC)cc3)Cc3ccc(OC)cc3)c(F)c(C)c2C(F)(F)F)c(F)c1N. The van der Waals surface area contributed by atoms with Crippen molar-refractivity contribution in [3.05, 3.63) is 99.1 Å². The Morgan fingerprint density at radius 2 is 1.41 bits per heavy atom. The molecule has 4 aromatic rings. The van der Waals surface area contributed by atoms with Gasteiger partial charge < -0.3 is 24.8 Å². The number of carbonyl (C=O) groups excluding carboxylic acids is 1. The number of nitrogen functional groups attached to an aromatic ring is 1. The number of benzene rings is 3. The number of hydrogen-bond donors (Lipinski definition) is 1. The number of esters is 1. The number of hydrogen-bond acceptors (Lipinski definition) is 7. The van der Waals surface area contributed by atoms with Crippen molar-refractivity contribution in [1.29, 1.82) is 0 Å². The second-order valence-corrected chi connectivity index (χ2v) is 10.1. The zero-order valence-corrected chi connectivity index (χ0v) is 24.7. The van der Waals surface area contributed by atoms with E-state index < -0.39 is 68.3 Å². The molecule has 0 fully saturated rings. The molecular weight excluding hydrogens is 609 g/mol. The van der Waals surface area contributed by atoms with Gasteiger partial charge in [0.25, 0.3) is 0 Å². The van der Waals surface area contributed by atoms with Crippen LogP contribution < -0.4 is 20.1 Å². The average molecular weight is 636 g/mol. The number of anilines is 2. The summed E-state index contributed by atoms with van der Waals surface area (Å²) >= 11 is 6.26. The fraction of sp³-hybridized carbons (Fsp3) is 0.226.